The third kappa shape index (κ3) is 4.37. The van der Waals surface area contributed by atoms with E-state index >= 15 is 0 Å². The Balaban J connectivity index is 2.28. The first-order valence-corrected chi connectivity index (χ1v) is 7.04. The number of nitrogens with zero attached hydrogens (tertiary/aromatic N) is 1. The summed E-state index contributed by atoms with van der Waals surface area (Å²) < 4.78 is 38.8. The van der Waals surface area contributed by atoms with Crippen molar-refractivity contribution in [3.63, 3.8) is 0 Å². The second-order valence-electron chi connectivity index (χ2n) is 4.72. The molecule has 0 unspecified atom stereocenters. The third-order valence-corrected chi connectivity index (χ3v) is 3.28. The molecule has 0 spiro atoms. The summed E-state index contributed by atoms with van der Waals surface area (Å²) >= 11 is 5.74. The molecule has 3 nitrogen and oxygen atoms in total. The van der Waals surface area contributed by atoms with Crippen LogP contribution in [0.4, 0.5) is 18.9 Å². The number of carbonyl (C=O) groups excluding carboxylic acids is 1. The Morgan fingerprint density at radius 2 is 1.75 bits per heavy atom. The van der Waals surface area contributed by atoms with Crippen LogP contribution in [-0.2, 0) is 11.0 Å². The van der Waals surface area contributed by atoms with E-state index in [4.69, 9.17) is 16.9 Å². The van der Waals surface area contributed by atoms with Crippen LogP contribution >= 0.6 is 11.6 Å². The van der Waals surface area contributed by atoms with Crippen molar-refractivity contribution < 1.29 is 18.0 Å². The van der Waals surface area contributed by atoms with E-state index in [2.05, 4.69) is 5.32 Å². The third-order valence-electron chi connectivity index (χ3n) is 3.03. The van der Waals surface area contributed by atoms with Gasteiger partial charge in [-0.1, -0.05) is 35.9 Å². The van der Waals surface area contributed by atoms with Crippen LogP contribution in [0.25, 0.3) is 6.08 Å². The average molecular weight is 351 g/mol. The SMILES string of the molecule is N#C/C(=C\c1ccc(Cl)cc1)C(=O)Nc1ccccc1C(F)(F)F. The molecule has 2 aromatic rings. The molecule has 24 heavy (non-hydrogen) atoms. The molecule has 122 valence electrons. The van der Waals surface area contributed by atoms with Crippen molar-refractivity contribution in [2.75, 3.05) is 5.32 Å². The largest absolute Gasteiger partial charge is 0.418 e. The van der Waals surface area contributed by atoms with Crippen molar-refractivity contribution in [2.24, 2.45) is 0 Å². The number of anilines is 1. The predicted molar refractivity (Wildman–Crippen MR) is 85.1 cm³/mol. The van der Waals surface area contributed by atoms with E-state index in [-0.39, 0.29) is 5.57 Å². The number of rotatable bonds is 3. The molecular weight excluding hydrogens is 341 g/mol. The van der Waals surface area contributed by atoms with E-state index < -0.39 is 23.3 Å². The summed E-state index contributed by atoms with van der Waals surface area (Å²) in [6.07, 6.45) is -3.35. The maximum Gasteiger partial charge on any atom is 0.418 e. The summed E-state index contributed by atoms with van der Waals surface area (Å²) in [4.78, 5) is 12.1. The Kier molecular flexibility index (Phi) is 5.27. The van der Waals surface area contributed by atoms with Crippen LogP contribution in [0, 0.1) is 11.3 Å². The van der Waals surface area contributed by atoms with Crippen molar-refractivity contribution in [1.82, 2.24) is 0 Å². The van der Waals surface area contributed by atoms with Crippen molar-refractivity contribution in [1.29, 1.82) is 5.26 Å². The lowest BCUT2D eigenvalue weighted by atomic mass is 10.1. The van der Waals surface area contributed by atoms with E-state index in [0.29, 0.717) is 10.6 Å². The normalized spacial score (nSPS) is 11.7. The molecule has 0 radical (unpaired) electrons. The molecule has 0 saturated carbocycles. The lowest BCUT2D eigenvalue weighted by Crippen LogP contribution is -2.17. The van der Waals surface area contributed by atoms with Crippen LogP contribution in [0.2, 0.25) is 5.02 Å². The molecule has 0 atom stereocenters. The molecule has 0 heterocycles. The van der Waals surface area contributed by atoms with Gasteiger partial charge in [0.25, 0.3) is 5.91 Å². The first kappa shape index (κ1) is 17.6. The highest BCUT2D eigenvalue weighted by Crippen LogP contribution is 2.34. The highest BCUT2D eigenvalue weighted by Gasteiger charge is 2.33. The minimum atomic E-state index is -4.61. The number of hydrogen-bond donors (Lipinski definition) is 1. The first-order chi connectivity index (χ1) is 11.3. The van der Waals surface area contributed by atoms with Gasteiger partial charge in [0.15, 0.2) is 0 Å². The molecule has 1 N–H and O–H groups in total. The number of amides is 1. The molecule has 2 rings (SSSR count). The number of alkyl halides is 3. The monoisotopic (exact) mass is 350 g/mol. The molecule has 0 saturated heterocycles. The van der Waals surface area contributed by atoms with Gasteiger partial charge in [-0.05, 0) is 35.9 Å². The fourth-order valence-corrected chi connectivity index (χ4v) is 2.03. The zero-order chi connectivity index (χ0) is 17.7. The van der Waals surface area contributed by atoms with E-state index in [0.717, 1.165) is 12.1 Å². The van der Waals surface area contributed by atoms with E-state index in [1.165, 1.54) is 18.2 Å². The molecule has 0 bridgehead atoms. The molecular formula is C17H10ClF3N2O. The van der Waals surface area contributed by atoms with Crippen LogP contribution in [0.3, 0.4) is 0 Å². The number of carbonyl (C=O) groups is 1. The smallest absolute Gasteiger partial charge is 0.321 e. The number of halogens is 4. The van der Waals surface area contributed by atoms with E-state index in [9.17, 15) is 18.0 Å². The standard InChI is InChI=1S/C17H10ClF3N2O/c18-13-7-5-11(6-8-13)9-12(10-22)16(24)23-15-4-2-1-3-14(15)17(19,20)21/h1-9H,(H,23,24)/b12-9+. The van der Waals surface area contributed by atoms with Gasteiger partial charge >= 0.3 is 6.18 Å². The number of para-hydroxylation sites is 1. The summed E-state index contributed by atoms with van der Waals surface area (Å²) in [6.45, 7) is 0. The fraction of sp³-hybridized carbons (Fsp3) is 0.0588. The predicted octanol–water partition coefficient (Wildman–Crippen LogP) is 4.90. The van der Waals surface area contributed by atoms with Gasteiger partial charge in [0.05, 0.1) is 11.3 Å². The van der Waals surface area contributed by atoms with Gasteiger partial charge in [-0.2, -0.15) is 18.4 Å². The zero-order valence-corrected chi connectivity index (χ0v) is 12.8. The highest BCUT2D eigenvalue weighted by atomic mass is 35.5. The van der Waals surface area contributed by atoms with Crippen LogP contribution < -0.4 is 5.32 Å². The average Bonchev–Trinajstić information content (AvgIpc) is 2.53. The minimum absolute atomic E-state index is 0.325. The minimum Gasteiger partial charge on any atom is -0.321 e. The van der Waals surface area contributed by atoms with E-state index in [1.54, 1.807) is 30.3 Å². The Bertz CT molecular complexity index is 821. The molecule has 2 aromatic carbocycles. The van der Waals surface area contributed by atoms with Gasteiger partial charge in [-0.25, -0.2) is 0 Å². The van der Waals surface area contributed by atoms with Crippen molar-refractivity contribution in [3.8, 4) is 6.07 Å². The Labute approximate surface area is 141 Å². The van der Waals surface area contributed by atoms with Crippen LogP contribution in [0.5, 0.6) is 0 Å². The summed E-state index contributed by atoms with van der Waals surface area (Å²) in [5.74, 6) is -0.927. The molecule has 0 fully saturated rings. The number of nitrogens with one attached hydrogen (secondary N) is 1. The number of nitriles is 1. The summed E-state index contributed by atoms with van der Waals surface area (Å²) in [7, 11) is 0. The zero-order valence-electron chi connectivity index (χ0n) is 12.1. The summed E-state index contributed by atoms with van der Waals surface area (Å²) in [5, 5.41) is 11.7. The van der Waals surface area contributed by atoms with Gasteiger partial charge in [-0.3, -0.25) is 4.79 Å². The first-order valence-electron chi connectivity index (χ1n) is 6.66. The molecule has 0 aromatic heterocycles. The lowest BCUT2D eigenvalue weighted by molar-refractivity contribution is -0.136. The number of hydrogen-bond acceptors (Lipinski definition) is 2. The van der Waals surface area contributed by atoms with Crippen molar-refractivity contribution in [3.05, 3.63) is 70.3 Å². The quantitative estimate of drug-likeness (QED) is 0.632. The van der Waals surface area contributed by atoms with Gasteiger partial charge in [0.1, 0.15) is 11.6 Å². The van der Waals surface area contributed by atoms with Gasteiger partial charge in [0.2, 0.25) is 0 Å². The molecule has 0 aliphatic rings. The maximum atomic E-state index is 12.9. The highest BCUT2D eigenvalue weighted by molar-refractivity contribution is 6.30. The molecule has 7 heteroatoms. The van der Waals surface area contributed by atoms with Gasteiger partial charge < -0.3 is 5.32 Å². The van der Waals surface area contributed by atoms with Crippen molar-refractivity contribution >= 4 is 29.3 Å². The Morgan fingerprint density at radius 1 is 1.12 bits per heavy atom. The van der Waals surface area contributed by atoms with E-state index in [1.807, 2.05) is 0 Å². The molecule has 1 amide bonds. The lowest BCUT2D eigenvalue weighted by Gasteiger charge is -2.13. The molecule has 0 aliphatic heterocycles. The molecule has 0 aliphatic carbocycles. The summed E-state index contributed by atoms with van der Waals surface area (Å²) in [6, 6.07) is 12.5. The van der Waals surface area contributed by atoms with Crippen LogP contribution in [-0.4, -0.2) is 5.91 Å². The Morgan fingerprint density at radius 3 is 2.33 bits per heavy atom. The van der Waals surface area contributed by atoms with Gasteiger partial charge in [-0.15, -0.1) is 0 Å². The number of benzene rings is 2. The van der Waals surface area contributed by atoms with Crippen molar-refractivity contribution in [2.45, 2.75) is 6.18 Å². The maximum absolute atomic E-state index is 12.9. The van der Waals surface area contributed by atoms with Crippen LogP contribution in [0.15, 0.2) is 54.1 Å². The fourth-order valence-electron chi connectivity index (χ4n) is 1.90. The summed E-state index contributed by atoms with van der Waals surface area (Å²) in [5.41, 5.74) is -1.20. The van der Waals surface area contributed by atoms with Gasteiger partial charge in [0, 0.05) is 5.02 Å². The second kappa shape index (κ2) is 7.20. The second-order valence-corrected chi connectivity index (χ2v) is 5.16. The topological polar surface area (TPSA) is 52.9 Å². The Hall–Kier alpha value is -2.78. The van der Waals surface area contributed by atoms with Crippen LogP contribution in [0.1, 0.15) is 11.1 Å².